The van der Waals surface area contributed by atoms with E-state index in [1.807, 2.05) is 30.3 Å². The minimum atomic E-state index is -1.50. The molecule has 0 aromatic heterocycles. The van der Waals surface area contributed by atoms with E-state index in [0.717, 1.165) is 27.8 Å². The highest BCUT2D eigenvalue weighted by Gasteiger charge is 2.24. The summed E-state index contributed by atoms with van der Waals surface area (Å²) >= 11 is -0.941. The first-order valence-electron chi connectivity index (χ1n) is 9.44. The van der Waals surface area contributed by atoms with Gasteiger partial charge in [0.05, 0.1) is 31.8 Å². The Morgan fingerprint density at radius 3 is 1.21 bits per heavy atom. The lowest BCUT2D eigenvalue weighted by molar-refractivity contribution is -0.394. The average Bonchev–Trinajstić information content (AvgIpc) is 2.88. The molecule has 38 heavy (non-hydrogen) atoms. The molecule has 17 nitrogen and oxygen atoms in total. The van der Waals surface area contributed by atoms with Gasteiger partial charge in [-0.15, -0.1) is 0 Å². The SMILES string of the molecule is O=C(O)c1ccc([N+](=O)[O-])cc1[N+](=O)[O-].O=C(O)c1ccc([N+](=O)[O-])cc1[N+](=O)[O-].O=Ic1ccccc1. The molecule has 0 aliphatic rings. The Morgan fingerprint density at radius 1 is 0.605 bits per heavy atom. The summed E-state index contributed by atoms with van der Waals surface area (Å²) in [5, 5.41) is 58.6. The molecule has 0 atom stereocenters. The van der Waals surface area contributed by atoms with Gasteiger partial charge in [0.1, 0.15) is 11.1 Å². The summed E-state index contributed by atoms with van der Waals surface area (Å²) in [7, 11) is 0. The second kappa shape index (κ2) is 14.3. The number of non-ortho nitro benzene ring substituents is 2. The minimum Gasteiger partial charge on any atom is -0.477 e. The van der Waals surface area contributed by atoms with E-state index in [0.29, 0.717) is 12.1 Å². The number of aromatic carboxylic acids is 2. The number of benzene rings is 3. The standard InChI is InChI=1S/2C7H4N2O6.C6H5IO/c2*10-7(11)5-2-1-4(8(12)13)3-6(5)9(14)15;8-7-6-4-2-1-3-5-6/h2*1-3H,(H,10,11);1-5H. The lowest BCUT2D eigenvalue weighted by atomic mass is 10.1. The molecule has 3 aromatic rings. The molecule has 2 N–H and O–H groups in total. The number of hydrogen-bond donors (Lipinski definition) is 2. The first-order valence-corrected chi connectivity index (χ1v) is 11.4. The van der Waals surface area contributed by atoms with Crippen molar-refractivity contribution in [1.29, 1.82) is 0 Å². The average molecular weight is 644 g/mol. The normalized spacial score (nSPS) is 9.47. The van der Waals surface area contributed by atoms with Crippen LogP contribution >= 0.6 is 21.2 Å². The quantitative estimate of drug-likeness (QED) is 0.203. The van der Waals surface area contributed by atoms with E-state index in [1.165, 1.54) is 0 Å². The van der Waals surface area contributed by atoms with Crippen molar-refractivity contribution >= 4 is 55.9 Å². The van der Waals surface area contributed by atoms with E-state index < -0.39 is 86.7 Å². The van der Waals surface area contributed by atoms with Crippen LogP contribution in [0.5, 0.6) is 0 Å². The Kier molecular flexibility index (Phi) is 11.6. The molecular weight excluding hydrogens is 631 g/mol. The summed E-state index contributed by atoms with van der Waals surface area (Å²) in [4.78, 5) is 58.9. The number of nitro benzene ring substituents is 4. The van der Waals surface area contributed by atoms with Crippen LogP contribution in [-0.4, -0.2) is 41.8 Å². The number of rotatable bonds is 7. The second-order valence-corrected chi connectivity index (χ2v) is 8.10. The molecule has 0 radical (unpaired) electrons. The summed E-state index contributed by atoms with van der Waals surface area (Å²) in [5.41, 5.74) is -3.79. The van der Waals surface area contributed by atoms with Crippen LogP contribution in [0.15, 0.2) is 66.7 Å². The predicted molar refractivity (Wildman–Crippen MR) is 133 cm³/mol. The molecule has 0 unspecified atom stereocenters. The lowest BCUT2D eigenvalue weighted by Gasteiger charge is -1.97. The van der Waals surface area contributed by atoms with Crippen molar-refractivity contribution in [2.75, 3.05) is 0 Å². The Morgan fingerprint density at radius 2 is 0.974 bits per heavy atom. The van der Waals surface area contributed by atoms with Gasteiger partial charge < -0.3 is 10.2 Å². The summed E-state index contributed by atoms with van der Waals surface area (Å²) in [6.07, 6.45) is 0. The lowest BCUT2D eigenvalue weighted by Crippen LogP contribution is -2.03. The highest BCUT2D eigenvalue weighted by atomic mass is 127. The van der Waals surface area contributed by atoms with Gasteiger partial charge in [-0.25, -0.2) is 9.59 Å². The molecule has 0 aliphatic heterocycles. The van der Waals surface area contributed by atoms with Crippen molar-refractivity contribution in [3.8, 4) is 0 Å². The van der Waals surface area contributed by atoms with Gasteiger partial charge in [0.15, 0.2) is 21.2 Å². The zero-order valence-electron chi connectivity index (χ0n) is 18.4. The van der Waals surface area contributed by atoms with Gasteiger partial charge in [-0.1, -0.05) is 18.2 Å². The van der Waals surface area contributed by atoms with E-state index in [4.69, 9.17) is 10.2 Å². The number of carbonyl (C=O) groups is 2. The van der Waals surface area contributed by atoms with Crippen LogP contribution in [0.3, 0.4) is 0 Å². The number of halogens is 1. The fourth-order valence-corrected chi connectivity index (χ4v) is 3.11. The van der Waals surface area contributed by atoms with E-state index in [-0.39, 0.29) is 0 Å². The largest absolute Gasteiger partial charge is 0.477 e. The highest BCUT2D eigenvalue weighted by Crippen LogP contribution is 2.25. The topological polar surface area (TPSA) is 264 Å². The number of nitrogens with zero attached hydrogens (tertiary/aromatic N) is 4. The molecule has 198 valence electrons. The van der Waals surface area contributed by atoms with Gasteiger partial charge in [0.2, 0.25) is 0 Å². The molecule has 0 fully saturated rings. The maximum Gasteiger partial charge on any atom is 0.342 e. The molecule has 3 rings (SSSR count). The van der Waals surface area contributed by atoms with Gasteiger partial charge in [0.25, 0.3) is 22.7 Å². The van der Waals surface area contributed by atoms with Crippen molar-refractivity contribution in [3.63, 3.8) is 0 Å². The minimum absolute atomic E-state index is 0.522. The Labute approximate surface area is 220 Å². The van der Waals surface area contributed by atoms with Crippen LogP contribution in [-0.2, 0) is 3.07 Å². The third kappa shape index (κ3) is 9.07. The maximum absolute atomic E-state index is 10.5. The van der Waals surface area contributed by atoms with E-state index >= 15 is 0 Å². The monoisotopic (exact) mass is 644 g/mol. The number of hydrogen-bond acceptors (Lipinski definition) is 11. The summed E-state index contributed by atoms with van der Waals surface area (Å²) in [6.45, 7) is 0. The van der Waals surface area contributed by atoms with Crippen molar-refractivity contribution in [3.05, 3.63) is 122 Å². The second-order valence-electron chi connectivity index (χ2n) is 6.41. The summed E-state index contributed by atoms with van der Waals surface area (Å²) < 4.78 is 11.2. The zero-order valence-corrected chi connectivity index (χ0v) is 20.6. The third-order valence-electron chi connectivity index (χ3n) is 4.06. The molecule has 0 saturated carbocycles. The summed E-state index contributed by atoms with van der Waals surface area (Å²) in [6, 6.07) is 14.2. The molecule has 0 amide bonds. The van der Waals surface area contributed by atoms with Crippen molar-refractivity contribution < 1.29 is 42.6 Å². The van der Waals surface area contributed by atoms with Crippen molar-refractivity contribution in [1.82, 2.24) is 0 Å². The highest BCUT2D eigenvalue weighted by molar-refractivity contribution is 14.1. The smallest absolute Gasteiger partial charge is 0.342 e. The number of nitro groups is 4. The van der Waals surface area contributed by atoms with Crippen LogP contribution in [0.4, 0.5) is 22.7 Å². The van der Waals surface area contributed by atoms with Crippen molar-refractivity contribution in [2.24, 2.45) is 0 Å². The molecule has 0 spiro atoms. The fourth-order valence-electron chi connectivity index (χ4n) is 2.40. The van der Waals surface area contributed by atoms with Gasteiger partial charge in [-0.05, 0) is 24.3 Å². The van der Waals surface area contributed by atoms with E-state index in [1.54, 1.807) is 0 Å². The Hall–Kier alpha value is -5.27. The van der Waals surface area contributed by atoms with Crippen LogP contribution < -0.4 is 0 Å². The fraction of sp³-hybridized carbons (Fsp3) is 0. The molecule has 0 aliphatic carbocycles. The van der Waals surface area contributed by atoms with Gasteiger partial charge in [-0.2, -0.15) is 0 Å². The first-order chi connectivity index (χ1) is 17.8. The molecule has 3 aromatic carbocycles. The zero-order chi connectivity index (χ0) is 29.0. The van der Waals surface area contributed by atoms with Gasteiger partial charge >= 0.3 is 11.9 Å². The Balaban J connectivity index is 0.000000298. The molecule has 18 heteroatoms. The van der Waals surface area contributed by atoms with E-state index in [2.05, 4.69) is 0 Å². The molecule has 0 heterocycles. The molecule has 0 bridgehead atoms. The third-order valence-corrected chi connectivity index (χ3v) is 5.29. The van der Waals surface area contributed by atoms with Gasteiger partial charge in [-0.3, -0.25) is 43.5 Å². The molecule has 0 saturated heterocycles. The summed E-state index contributed by atoms with van der Waals surface area (Å²) in [5.74, 6) is -3.01. The maximum atomic E-state index is 10.5. The van der Waals surface area contributed by atoms with Crippen LogP contribution in [0, 0.1) is 44.0 Å². The number of carboxylic acids is 2. The Bertz CT molecular complexity index is 1330. The predicted octanol–water partition coefficient (Wildman–Crippen LogP) is 4.57. The van der Waals surface area contributed by atoms with Gasteiger partial charge in [0, 0.05) is 15.7 Å². The van der Waals surface area contributed by atoms with Crippen LogP contribution in [0.2, 0.25) is 0 Å². The van der Waals surface area contributed by atoms with Crippen molar-refractivity contribution in [2.45, 2.75) is 0 Å². The first kappa shape index (κ1) is 30.8. The van der Waals surface area contributed by atoms with Crippen LogP contribution in [0.25, 0.3) is 0 Å². The molecular formula is C20H13IN4O13. The number of carboxylic acid groups (broad SMARTS) is 2. The van der Waals surface area contributed by atoms with Crippen LogP contribution in [0.1, 0.15) is 20.7 Å². The van der Waals surface area contributed by atoms with E-state index in [9.17, 15) is 53.1 Å².